The summed E-state index contributed by atoms with van der Waals surface area (Å²) in [5.74, 6) is 2.56. The largest absolute Gasteiger partial charge is 0.310 e. The van der Waals surface area contributed by atoms with E-state index in [4.69, 9.17) is 0 Å². The fourth-order valence-corrected chi connectivity index (χ4v) is 4.53. The average Bonchev–Trinajstić information content (AvgIpc) is 3.08. The summed E-state index contributed by atoms with van der Waals surface area (Å²) in [6, 6.07) is 5.72. The molecule has 2 aliphatic rings. The minimum Gasteiger partial charge on any atom is -0.310 e. The molecule has 1 aromatic rings. The third-order valence-corrected chi connectivity index (χ3v) is 5.79. The van der Waals surface area contributed by atoms with Crippen LogP contribution in [-0.2, 0) is 6.54 Å². The Balaban J connectivity index is 1.63. The zero-order valence-electron chi connectivity index (χ0n) is 12.2. The van der Waals surface area contributed by atoms with Gasteiger partial charge in [0.25, 0.3) is 5.69 Å². The minimum atomic E-state index is -0.302. The van der Waals surface area contributed by atoms with Gasteiger partial charge in [-0.3, -0.25) is 10.1 Å². The second-order valence-corrected chi connectivity index (χ2v) is 7.45. The predicted octanol–water partition coefficient (Wildman–Crippen LogP) is 4.27. The van der Waals surface area contributed by atoms with Gasteiger partial charge in [0.1, 0.15) is 0 Å². The quantitative estimate of drug-likeness (QED) is 0.635. The third kappa shape index (κ3) is 3.14. The Labute approximate surface area is 133 Å². The molecule has 3 rings (SSSR count). The molecule has 0 spiro atoms. The summed E-state index contributed by atoms with van der Waals surface area (Å²) in [4.78, 5) is 10.8. The number of nitro groups is 1. The van der Waals surface area contributed by atoms with Gasteiger partial charge in [0.15, 0.2) is 0 Å². The van der Waals surface area contributed by atoms with Gasteiger partial charge in [0, 0.05) is 28.7 Å². The number of rotatable bonds is 5. The molecule has 0 heterocycles. The normalized spacial score (nSPS) is 28.8. The van der Waals surface area contributed by atoms with Crippen molar-refractivity contribution in [1.29, 1.82) is 0 Å². The van der Waals surface area contributed by atoms with Crippen molar-refractivity contribution in [1.82, 2.24) is 5.32 Å². The summed E-state index contributed by atoms with van der Waals surface area (Å²) in [7, 11) is 0. The Morgan fingerprint density at radius 3 is 2.86 bits per heavy atom. The maximum atomic E-state index is 11.1. The lowest BCUT2D eigenvalue weighted by molar-refractivity contribution is -0.385. The van der Waals surface area contributed by atoms with Crippen LogP contribution in [0.2, 0.25) is 0 Å². The molecule has 4 nitrogen and oxygen atoms in total. The molecule has 1 N–H and O–H groups in total. The van der Waals surface area contributed by atoms with Crippen LogP contribution in [0.4, 0.5) is 5.69 Å². The molecule has 0 amide bonds. The highest BCUT2D eigenvalue weighted by molar-refractivity contribution is 9.10. The molecule has 0 saturated heterocycles. The minimum absolute atomic E-state index is 0.192. The van der Waals surface area contributed by atoms with Crippen molar-refractivity contribution in [3.8, 4) is 0 Å². The summed E-state index contributed by atoms with van der Waals surface area (Å²) >= 11 is 3.30. The molecule has 21 heavy (non-hydrogen) atoms. The fourth-order valence-electron chi connectivity index (χ4n) is 4.19. The van der Waals surface area contributed by atoms with E-state index in [1.807, 2.05) is 12.1 Å². The van der Waals surface area contributed by atoms with Gasteiger partial charge in [-0.15, -0.1) is 0 Å². The van der Waals surface area contributed by atoms with E-state index in [9.17, 15) is 10.1 Å². The number of fused-ring (bicyclic) bond motifs is 2. The van der Waals surface area contributed by atoms with Crippen molar-refractivity contribution in [2.75, 3.05) is 0 Å². The van der Waals surface area contributed by atoms with Crippen LogP contribution in [0.15, 0.2) is 22.7 Å². The molecule has 2 saturated carbocycles. The fraction of sp³-hybridized carbons (Fsp3) is 0.625. The van der Waals surface area contributed by atoms with Gasteiger partial charge in [-0.2, -0.15) is 0 Å². The highest BCUT2D eigenvalue weighted by Gasteiger charge is 2.41. The molecular formula is C16H21BrN2O2. The van der Waals surface area contributed by atoms with Crippen LogP contribution in [0.5, 0.6) is 0 Å². The number of hydrogen-bond donors (Lipinski definition) is 1. The monoisotopic (exact) mass is 352 g/mol. The van der Waals surface area contributed by atoms with Crippen LogP contribution in [0.3, 0.4) is 0 Å². The van der Waals surface area contributed by atoms with Crippen molar-refractivity contribution >= 4 is 21.6 Å². The van der Waals surface area contributed by atoms with E-state index in [0.29, 0.717) is 12.6 Å². The van der Waals surface area contributed by atoms with E-state index in [1.165, 1.54) is 25.7 Å². The smallest absolute Gasteiger partial charge is 0.275 e. The first kappa shape index (κ1) is 15.0. The number of benzene rings is 1. The Hall–Kier alpha value is -0.940. The van der Waals surface area contributed by atoms with Gasteiger partial charge < -0.3 is 5.32 Å². The average molecular weight is 353 g/mol. The highest BCUT2D eigenvalue weighted by Crippen LogP contribution is 2.49. The Morgan fingerprint density at radius 2 is 2.24 bits per heavy atom. The highest BCUT2D eigenvalue weighted by atomic mass is 79.9. The lowest BCUT2D eigenvalue weighted by Gasteiger charge is -2.28. The van der Waals surface area contributed by atoms with Crippen LogP contribution < -0.4 is 5.32 Å². The van der Waals surface area contributed by atoms with E-state index in [1.54, 1.807) is 6.07 Å². The van der Waals surface area contributed by atoms with Crippen molar-refractivity contribution in [3.05, 3.63) is 38.3 Å². The van der Waals surface area contributed by atoms with E-state index < -0.39 is 0 Å². The molecule has 0 aromatic heterocycles. The van der Waals surface area contributed by atoms with Gasteiger partial charge in [0.2, 0.25) is 0 Å². The van der Waals surface area contributed by atoms with E-state index >= 15 is 0 Å². The van der Waals surface area contributed by atoms with Gasteiger partial charge in [-0.1, -0.05) is 22.4 Å². The summed E-state index contributed by atoms with van der Waals surface area (Å²) in [6.07, 6.45) is 5.52. The van der Waals surface area contributed by atoms with Crippen LogP contribution in [0.25, 0.3) is 0 Å². The topological polar surface area (TPSA) is 55.2 Å². The van der Waals surface area contributed by atoms with Gasteiger partial charge in [-0.25, -0.2) is 0 Å². The van der Waals surface area contributed by atoms with E-state index in [-0.39, 0.29) is 10.6 Å². The SMILES string of the molecule is CC(NCc1ccc(Br)cc1[N+](=O)[O-])C1CC2CCC1C2. The van der Waals surface area contributed by atoms with Crippen LogP contribution in [0.1, 0.15) is 38.2 Å². The molecule has 114 valence electrons. The first-order valence-corrected chi connectivity index (χ1v) is 8.50. The number of halogens is 1. The van der Waals surface area contributed by atoms with Crippen molar-refractivity contribution in [3.63, 3.8) is 0 Å². The Kier molecular flexibility index (Phi) is 4.31. The summed E-state index contributed by atoms with van der Waals surface area (Å²) < 4.78 is 0.749. The molecule has 5 heteroatoms. The molecule has 2 bridgehead atoms. The predicted molar refractivity (Wildman–Crippen MR) is 86.0 cm³/mol. The Bertz CT molecular complexity index is 549. The second-order valence-electron chi connectivity index (χ2n) is 6.54. The Morgan fingerprint density at radius 1 is 1.43 bits per heavy atom. The molecule has 4 atom stereocenters. The van der Waals surface area contributed by atoms with Crippen molar-refractivity contribution in [2.45, 2.75) is 45.2 Å². The van der Waals surface area contributed by atoms with Crippen LogP contribution in [0, 0.1) is 27.9 Å². The number of nitro benzene ring substituents is 1. The summed E-state index contributed by atoms with van der Waals surface area (Å²) in [5, 5.41) is 14.7. The lowest BCUT2D eigenvalue weighted by Crippen LogP contribution is -2.36. The van der Waals surface area contributed by atoms with Crippen LogP contribution in [-0.4, -0.2) is 11.0 Å². The first-order chi connectivity index (χ1) is 10.0. The van der Waals surface area contributed by atoms with Crippen LogP contribution >= 0.6 is 15.9 Å². The van der Waals surface area contributed by atoms with Crippen molar-refractivity contribution in [2.24, 2.45) is 17.8 Å². The zero-order chi connectivity index (χ0) is 15.0. The number of hydrogen-bond acceptors (Lipinski definition) is 3. The maximum Gasteiger partial charge on any atom is 0.275 e. The van der Waals surface area contributed by atoms with Crippen molar-refractivity contribution < 1.29 is 4.92 Å². The molecule has 1 aromatic carbocycles. The van der Waals surface area contributed by atoms with Gasteiger partial charge in [0.05, 0.1) is 4.92 Å². The standard InChI is InChI=1S/C16H21BrN2O2/c1-10(15-7-11-2-3-12(15)6-11)18-9-13-4-5-14(17)8-16(13)19(20)21/h4-5,8,10-12,15,18H,2-3,6-7,9H2,1H3. The van der Waals surface area contributed by atoms with E-state index in [2.05, 4.69) is 28.2 Å². The molecule has 2 aliphatic carbocycles. The van der Waals surface area contributed by atoms with Gasteiger partial charge >= 0.3 is 0 Å². The number of nitrogens with one attached hydrogen (secondary N) is 1. The molecule has 4 unspecified atom stereocenters. The summed E-state index contributed by atoms with van der Waals surface area (Å²) in [6.45, 7) is 2.80. The maximum absolute atomic E-state index is 11.1. The van der Waals surface area contributed by atoms with E-state index in [0.717, 1.165) is 27.8 Å². The third-order valence-electron chi connectivity index (χ3n) is 5.29. The first-order valence-electron chi connectivity index (χ1n) is 7.71. The number of nitrogens with zero attached hydrogens (tertiary/aromatic N) is 1. The summed E-state index contributed by atoms with van der Waals surface area (Å²) in [5.41, 5.74) is 0.954. The lowest BCUT2D eigenvalue weighted by atomic mass is 9.84. The molecular weight excluding hydrogens is 332 g/mol. The second kappa shape index (κ2) is 6.05. The zero-order valence-corrected chi connectivity index (χ0v) is 13.8. The van der Waals surface area contributed by atoms with Gasteiger partial charge in [-0.05, 0) is 56.1 Å². The molecule has 0 aliphatic heterocycles. The molecule has 0 radical (unpaired) electrons. The molecule has 2 fully saturated rings.